The summed E-state index contributed by atoms with van der Waals surface area (Å²) in [6.45, 7) is 5.95. The lowest BCUT2D eigenvalue weighted by Crippen LogP contribution is -2.28. The Bertz CT molecular complexity index is 475. The van der Waals surface area contributed by atoms with Gasteiger partial charge in [-0.25, -0.2) is 0 Å². The number of carbonyl (C=O) groups is 1. The van der Waals surface area contributed by atoms with Crippen molar-refractivity contribution in [1.82, 2.24) is 0 Å². The molecule has 1 aromatic carbocycles. The first-order valence-electron chi connectivity index (χ1n) is 6.63. The second-order valence-electron chi connectivity index (χ2n) is 6.28. The van der Waals surface area contributed by atoms with E-state index in [1.165, 1.54) is 12.1 Å². The first kappa shape index (κ1) is 17.3. The molecule has 3 nitrogen and oxygen atoms in total. The smallest absolute Gasteiger partial charge is 0.416 e. The normalized spacial score (nSPS) is 13.8. The van der Waals surface area contributed by atoms with Crippen molar-refractivity contribution in [1.29, 1.82) is 0 Å². The van der Waals surface area contributed by atoms with Crippen LogP contribution < -0.4 is 5.32 Å². The van der Waals surface area contributed by atoms with Gasteiger partial charge in [-0.05, 0) is 36.1 Å². The van der Waals surface area contributed by atoms with E-state index in [1.54, 1.807) is 0 Å². The molecular formula is C15H20F3NO2. The quantitative estimate of drug-likeness (QED) is 0.847. The van der Waals surface area contributed by atoms with Gasteiger partial charge < -0.3 is 10.4 Å². The molecule has 21 heavy (non-hydrogen) atoms. The van der Waals surface area contributed by atoms with Gasteiger partial charge in [-0.1, -0.05) is 20.8 Å². The van der Waals surface area contributed by atoms with Crippen molar-refractivity contribution in [2.75, 3.05) is 5.32 Å². The molecule has 0 heterocycles. The summed E-state index contributed by atoms with van der Waals surface area (Å²) in [6.07, 6.45) is -3.86. The van der Waals surface area contributed by atoms with Crippen molar-refractivity contribution >= 4 is 11.7 Å². The number of carboxylic acids is 1. The predicted molar refractivity (Wildman–Crippen MR) is 75.2 cm³/mol. The summed E-state index contributed by atoms with van der Waals surface area (Å²) >= 11 is 0. The van der Waals surface area contributed by atoms with Gasteiger partial charge >= 0.3 is 12.1 Å². The highest BCUT2D eigenvalue weighted by Gasteiger charge is 2.30. The molecule has 118 valence electrons. The number of hydrogen-bond donors (Lipinski definition) is 2. The summed E-state index contributed by atoms with van der Waals surface area (Å²) in [7, 11) is 0. The number of rotatable bonds is 5. The second-order valence-corrected chi connectivity index (χ2v) is 6.28. The molecule has 0 fully saturated rings. The molecule has 0 radical (unpaired) electrons. The van der Waals surface area contributed by atoms with E-state index < -0.39 is 17.7 Å². The van der Waals surface area contributed by atoms with Crippen LogP contribution in [0.2, 0.25) is 0 Å². The molecule has 0 bridgehead atoms. The molecule has 1 unspecified atom stereocenters. The Balaban J connectivity index is 2.81. The number of benzene rings is 1. The molecule has 0 saturated heterocycles. The van der Waals surface area contributed by atoms with E-state index >= 15 is 0 Å². The highest BCUT2D eigenvalue weighted by atomic mass is 19.4. The zero-order valence-corrected chi connectivity index (χ0v) is 12.3. The average molecular weight is 303 g/mol. The van der Waals surface area contributed by atoms with Crippen LogP contribution in [0, 0.1) is 5.41 Å². The fourth-order valence-corrected chi connectivity index (χ4v) is 2.12. The molecule has 0 aromatic heterocycles. The van der Waals surface area contributed by atoms with Gasteiger partial charge in [0, 0.05) is 11.7 Å². The first-order chi connectivity index (χ1) is 9.47. The van der Waals surface area contributed by atoms with Crippen molar-refractivity contribution in [3.63, 3.8) is 0 Å². The van der Waals surface area contributed by atoms with E-state index in [-0.39, 0.29) is 17.9 Å². The zero-order chi connectivity index (χ0) is 16.3. The van der Waals surface area contributed by atoms with Crippen LogP contribution in [0.1, 0.15) is 39.2 Å². The molecule has 2 N–H and O–H groups in total. The Morgan fingerprint density at radius 2 is 1.71 bits per heavy atom. The largest absolute Gasteiger partial charge is 0.481 e. The Kier molecular flexibility index (Phi) is 5.25. The van der Waals surface area contributed by atoms with Crippen LogP contribution in [0.5, 0.6) is 0 Å². The third-order valence-corrected chi connectivity index (χ3v) is 2.86. The number of alkyl halides is 3. The number of aliphatic carboxylic acids is 1. The summed E-state index contributed by atoms with van der Waals surface area (Å²) in [5.41, 5.74) is -0.323. The topological polar surface area (TPSA) is 49.3 Å². The van der Waals surface area contributed by atoms with Crippen LogP contribution in [0.15, 0.2) is 24.3 Å². The number of halogens is 3. The lowest BCUT2D eigenvalue weighted by Gasteiger charge is -2.26. The minimum atomic E-state index is -4.37. The van der Waals surface area contributed by atoms with Crippen molar-refractivity contribution in [2.24, 2.45) is 5.41 Å². The van der Waals surface area contributed by atoms with Crippen molar-refractivity contribution in [3.05, 3.63) is 29.8 Å². The van der Waals surface area contributed by atoms with Gasteiger partial charge in [0.25, 0.3) is 0 Å². The molecule has 1 atom stereocenters. The third kappa shape index (κ3) is 6.51. The maximum Gasteiger partial charge on any atom is 0.416 e. The number of carboxylic acid groups (broad SMARTS) is 1. The van der Waals surface area contributed by atoms with Crippen LogP contribution in [0.3, 0.4) is 0 Å². The molecule has 0 saturated carbocycles. The van der Waals surface area contributed by atoms with Crippen LogP contribution in [0.25, 0.3) is 0 Å². The summed E-state index contributed by atoms with van der Waals surface area (Å²) in [5, 5.41) is 11.9. The van der Waals surface area contributed by atoms with Crippen molar-refractivity contribution < 1.29 is 23.1 Å². The monoisotopic (exact) mass is 303 g/mol. The van der Waals surface area contributed by atoms with Gasteiger partial charge in [-0.15, -0.1) is 0 Å². The summed E-state index contributed by atoms with van der Waals surface area (Å²) in [4.78, 5) is 10.9. The number of anilines is 1. The first-order valence-corrected chi connectivity index (χ1v) is 6.63. The summed E-state index contributed by atoms with van der Waals surface area (Å²) < 4.78 is 37.4. The zero-order valence-electron chi connectivity index (χ0n) is 12.3. The van der Waals surface area contributed by atoms with Crippen LogP contribution in [0.4, 0.5) is 18.9 Å². The second kappa shape index (κ2) is 6.37. The van der Waals surface area contributed by atoms with Crippen LogP contribution in [-0.4, -0.2) is 17.1 Å². The van der Waals surface area contributed by atoms with Gasteiger partial charge in [0.1, 0.15) is 0 Å². The molecule has 1 rings (SSSR count). The third-order valence-electron chi connectivity index (χ3n) is 2.86. The standard InChI is InChI=1S/C15H20F3NO2/c1-14(2,3)9-12(8-13(20)21)19-11-6-4-10(5-7-11)15(16,17)18/h4-7,12,19H,8-9H2,1-3H3,(H,20,21). The van der Waals surface area contributed by atoms with Crippen LogP contribution in [-0.2, 0) is 11.0 Å². The minimum absolute atomic E-state index is 0.0843. The highest BCUT2D eigenvalue weighted by molar-refractivity contribution is 5.68. The fraction of sp³-hybridized carbons (Fsp3) is 0.533. The van der Waals surface area contributed by atoms with E-state index in [9.17, 15) is 18.0 Å². The van der Waals surface area contributed by atoms with Gasteiger partial charge in [0.15, 0.2) is 0 Å². The van der Waals surface area contributed by atoms with Crippen LogP contribution >= 0.6 is 0 Å². The fourth-order valence-electron chi connectivity index (χ4n) is 2.12. The maximum atomic E-state index is 12.5. The summed E-state index contributed by atoms with van der Waals surface area (Å²) in [5.74, 6) is -0.941. The van der Waals surface area contributed by atoms with Gasteiger partial charge in [0.05, 0.1) is 12.0 Å². The van der Waals surface area contributed by atoms with Gasteiger partial charge in [-0.3, -0.25) is 4.79 Å². The lowest BCUT2D eigenvalue weighted by molar-refractivity contribution is -0.138. The number of nitrogens with one attached hydrogen (secondary N) is 1. The molecule has 0 spiro atoms. The highest BCUT2D eigenvalue weighted by Crippen LogP contribution is 2.30. The molecule has 0 aliphatic heterocycles. The maximum absolute atomic E-state index is 12.5. The van der Waals surface area contributed by atoms with E-state index in [1.807, 2.05) is 20.8 Å². The minimum Gasteiger partial charge on any atom is -0.481 e. The molecule has 1 aromatic rings. The Labute approximate surface area is 122 Å². The average Bonchev–Trinajstić information content (AvgIpc) is 2.24. The van der Waals surface area contributed by atoms with Crippen molar-refractivity contribution in [3.8, 4) is 0 Å². The Morgan fingerprint density at radius 1 is 1.19 bits per heavy atom. The molecule has 0 aliphatic carbocycles. The predicted octanol–water partition coefficient (Wildman–Crippen LogP) is 4.40. The molecule has 0 amide bonds. The van der Waals surface area contributed by atoms with Crippen molar-refractivity contribution in [2.45, 2.75) is 45.8 Å². The van der Waals surface area contributed by atoms with E-state index in [0.717, 1.165) is 12.1 Å². The SMILES string of the molecule is CC(C)(C)CC(CC(=O)O)Nc1ccc(C(F)(F)F)cc1. The van der Waals surface area contributed by atoms with E-state index in [4.69, 9.17) is 5.11 Å². The lowest BCUT2D eigenvalue weighted by atomic mass is 9.87. The molecular weight excluding hydrogens is 283 g/mol. The van der Waals surface area contributed by atoms with Gasteiger partial charge in [0.2, 0.25) is 0 Å². The number of hydrogen-bond acceptors (Lipinski definition) is 2. The van der Waals surface area contributed by atoms with E-state index in [0.29, 0.717) is 12.1 Å². The summed E-state index contributed by atoms with van der Waals surface area (Å²) in [6, 6.07) is 4.27. The molecule has 0 aliphatic rings. The van der Waals surface area contributed by atoms with E-state index in [2.05, 4.69) is 5.32 Å². The Morgan fingerprint density at radius 3 is 2.10 bits per heavy atom. The van der Waals surface area contributed by atoms with Gasteiger partial charge in [-0.2, -0.15) is 13.2 Å². The molecule has 6 heteroatoms. The Hall–Kier alpha value is -1.72.